The lowest BCUT2D eigenvalue weighted by Crippen LogP contribution is -1.98. The van der Waals surface area contributed by atoms with Gasteiger partial charge in [-0.1, -0.05) is 0 Å². The van der Waals surface area contributed by atoms with Gasteiger partial charge in [-0.2, -0.15) is 0 Å². The molecule has 0 aliphatic heterocycles. The molecule has 3 nitrogen and oxygen atoms in total. The molecule has 1 aromatic rings. The van der Waals surface area contributed by atoms with Crippen LogP contribution in [0.2, 0.25) is 0 Å². The van der Waals surface area contributed by atoms with Crippen LogP contribution in [0.5, 0.6) is 5.75 Å². The number of aliphatic hydroxyl groups is 2. The van der Waals surface area contributed by atoms with Crippen molar-refractivity contribution in [3.63, 3.8) is 0 Å². The van der Waals surface area contributed by atoms with Crippen LogP contribution >= 0.6 is 0 Å². The highest BCUT2D eigenvalue weighted by Crippen LogP contribution is 2.34. The van der Waals surface area contributed by atoms with E-state index in [1.807, 2.05) is 6.07 Å². The van der Waals surface area contributed by atoms with Crippen LogP contribution in [0, 0.1) is 0 Å². The number of phenols is 1. The number of fused-ring (bicyclic) bond motifs is 1. The van der Waals surface area contributed by atoms with Gasteiger partial charge >= 0.3 is 0 Å². The Morgan fingerprint density at radius 2 is 1.93 bits per heavy atom. The highest BCUT2D eigenvalue weighted by atomic mass is 16.3. The minimum Gasteiger partial charge on any atom is -0.507 e. The zero-order chi connectivity index (χ0) is 10.1. The molecular weight excluding hydrogens is 180 g/mol. The minimum atomic E-state index is -0.174. The molecule has 1 aliphatic rings. The van der Waals surface area contributed by atoms with Gasteiger partial charge in [-0.3, -0.25) is 0 Å². The lowest BCUT2D eigenvalue weighted by atomic mass is 9.99. The van der Waals surface area contributed by atoms with Gasteiger partial charge in [-0.15, -0.1) is 0 Å². The second-order valence-electron chi connectivity index (χ2n) is 3.67. The van der Waals surface area contributed by atoms with Gasteiger partial charge in [0, 0.05) is 11.1 Å². The third kappa shape index (κ3) is 1.29. The molecule has 0 fully saturated rings. The summed E-state index contributed by atoms with van der Waals surface area (Å²) in [6.07, 6.45) is 2.97. The number of aliphatic hydroxyl groups excluding tert-OH is 2. The molecule has 0 atom stereocenters. The minimum absolute atomic E-state index is 0.0654. The first kappa shape index (κ1) is 9.49. The first-order valence-corrected chi connectivity index (χ1v) is 4.85. The van der Waals surface area contributed by atoms with Crippen LogP contribution in [0.3, 0.4) is 0 Å². The molecule has 1 aromatic carbocycles. The van der Waals surface area contributed by atoms with Crippen LogP contribution in [0.1, 0.15) is 28.7 Å². The third-order valence-electron chi connectivity index (χ3n) is 2.89. The van der Waals surface area contributed by atoms with E-state index in [0.29, 0.717) is 11.1 Å². The molecule has 3 N–H and O–H groups in total. The molecule has 0 bridgehead atoms. The molecule has 0 saturated carbocycles. The van der Waals surface area contributed by atoms with Crippen molar-refractivity contribution >= 4 is 0 Å². The van der Waals surface area contributed by atoms with Crippen molar-refractivity contribution in [1.82, 2.24) is 0 Å². The lowest BCUT2D eigenvalue weighted by molar-refractivity contribution is 0.263. The van der Waals surface area contributed by atoms with E-state index in [-0.39, 0.29) is 19.0 Å². The van der Waals surface area contributed by atoms with Gasteiger partial charge in [-0.05, 0) is 36.5 Å². The average molecular weight is 194 g/mol. The molecule has 14 heavy (non-hydrogen) atoms. The molecule has 76 valence electrons. The Balaban J connectivity index is 2.60. The zero-order valence-corrected chi connectivity index (χ0v) is 7.95. The van der Waals surface area contributed by atoms with E-state index in [2.05, 4.69) is 0 Å². The van der Waals surface area contributed by atoms with E-state index in [1.165, 1.54) is 0 Å². The van der Waals surface area contributed by atoms with Gasteiger partial charge < -0.3 is 15.3 Å². The van der Waals surface area contributed by atoms with E-state index in [0.717, 1.165) is 30.4 Å². The van der Waals surface area contributed by atoms with Crippen LogP contribution in [-0.2, 0) is 26.1 Å². The van der Waals surface area contributed by atoms with Crippen molar-refractivity contribution in [3.05, 3.63) is 28.3 Å². The van der Waals surface area contributed by atoms with Crippen molar-refractivity contribution in [2.75, 3.05) is 0 Å². The third-order valence-corrected chi connectivity index (χ3v) is 2.89. The van der Waals surface area contributed by atoms with Crippen LogP contribution in [0.25, 0.3) is 0 Å². The van der Waals surface area contributed by atoms with Crippen molar-refractivity contribution in [1.29, 1.82) is 0 Å². The van der Waals surface area contributed by atoms with Crippen LogP contribution in [0.4, 0.5) is 0 Å². The predicted molar refractivity (Wildman–Crippen MR) is 52.0 cm³/mol. The van der Waals surface area contributed by atoms with Gasteiger partial charge in [-0.25, -0.2) is 0 Å². The molecule has 2 rings (SSSR count). The molecule has 0 spiro atoms. The second kappa shape index (κ2) is 3.59. The Kier molecular flexibility index (Phi) is 2.44. The quantitative estimate of drug-likeness (QED) is 0.654. The highest BCUT2D eigenvalue weighted by Gasteiger charge is 2.19. The summed E-state index contributed by atoms with van der Waals surface area (Å²) in [5.74, 6) is 0.0654. The predicted octanol–water partition coefficient (Wildman–Crippen LogP) is 0.866. The normalized spacial score (nSPS) is 14.4. The number of hydrogen-bond acceptors (Lipinski definition) is 3. The lowest BCUT2D eigenvalue weighted by Gasteiger charge is -2.12. The van der Waals surface area contributed by atoms with Crippen molar-refractivity contribution in [2.24, 2.45) is 0 Å². The maximum absolute atomic E-state index is 9.73. The Morgan fingerprint density at radius 1 is 1.14 bits per heavy atom. The molecule has 0 amide bonds. The van der Waals surface area contributed by atoms with E-state index < -0.39 is 0 Å². The maximum Gasteiger partial charge on any atom is 0.126 e. The van der Waals surface area contributed by atoms with E-state index in [4.69, 9.17) is 10.2 Å². The summed E-state index contributed by atoms with van der Waals surface area (Å²) in [6.45, 7) is -0.325. The molecule has 0 radical (unpaired) electrons. The SMILES string of the molecule is OCc1cc2c(c(CO)c1O)CCC2. The summed E-state index contributed by atoms with van der Waals surface area (Å²) in [7, 11) is 0. The van der Waals surface area contributed by atoms with Crippen LogP contribution in [-0.4, -0.2) is 15.3 Å². The first-order valence-electron chi connectivity index (χ1n) is 4.85. The average Bonchev–Trinajstić information content (AvgIpc) is 2.64. The fourth-order valence-electron chi connectivity index (χ4n) is 2.18. The standard InChI is InChI=1S/C11H14O3/c12-5-8-4-7-2-1-3-9(7)10(6-13)11(8)14/h4,12-14H,1-3,5-6H2. The van der Waals surface area contributed by atoms with Crippen molar-refractivity contribution in [3.8, 4) is 5.75 Å². The van der Waals surface area contributed by atoms with Crippen molar-refractivity contribution < 1.29 is 15.3 Å². The summed E-state index contributed by atoms with van der Waals surface area (Å²) >= 11 is 0. The van der Waals surface area contributed by atoms with Gasteiger partial charge in [0.2, 0.25) is 0 Å². The first-order chi connectivity index (χ1) is 6.77. The fourth-order valence-corrected chi connectivity index (χ4v) is 2.18. The van der Waals surface area contributed by atoms with Crippen molar-refractivity contribution in [2.45, 2.75) is 32.5 Å². The number of rotatable bonds is 2. The Labute approximate surface area is 82.6 Å². The summed E-state index contributed by atoms with van der Waals surface area (Å²) < 4.78 is 0. The maximum atomic E-state index is 9.73. The van der Waals surface area contributed by atoms with E-state index in [9.17, 15) is 5.11 Å². The van der Waals surface area contributed by atoms with Gasteiger partial charge in [0.25, 0.3) is 0 Å². The summed E-state index contributed by atoms with van der Waals surface area (Å²) in [5.41, 5.74) is 3.36. The van der Waals surface area contributed by atoms with E-state index >= 15 is 0 Å². The summed E-state index contributed by atoms with van der Waals surface area (Å²) in [5, 5.41) is 27.9. The Bertz CT molecular complexity index is 357. The molecule has 0 unspecified atom stereocenters. The fraction of sp³-hybridized carbons (Fsp3) is 0.455. The second-order valence-corrected chi connectivity index (χ2v) is 3.67. The molecule has 1 aliphatic carbocycles. The monoisotopic (exact) mass is 194 g/mol. The molecular formula is C11H14O3. The van der Waals surface area contributed by atoms with Gasteiger partial charge in [0.1, 0.15) is 5.75 Å². The van der Waals surface area contributed by atoms with E-state index in [1.54, 1.807) is 0 Å². The molecule has 0 heterocycles. The van der Waals surface area contributed by atoms with Crippen LogP contribution in [0.15, 0.2) is 6.07 Å². The summed E-state index contributed by atoms with van der Waals surface area (Å²) in [4.78, 5) is 0. The smallest absolute Gasteiger partial charge is 0.126 e. The Hall–Kier alpha value is -1.06. The topological polar surface area (TPSA) is 60.7 Å². The largest absolute Gasteiger partial charge is 0.507 e. The summed E-state index contributed by atoms with van der Waals surface area (Å²) in [6, 6.07) is 1.84. The van der Waals surface area contributed by atoms with Gasteiger partial charge in [0.15, 0.2) is 0 Å². The molecule has 0 saturated heterocycles. The number of aryl methyl sites for hydroxylation is 1. The molecule has 0 aromatic heterocycles. The molecule has 3 heteroatoms. The number of aromatic hydroxyl groups is 1. The Morgan fingerprint density at radius 3 is 2.57 bits per heavy atom. The highest BCUT2D eigenvalue weighted by molar-refractivity contribution is 5.51. The van der Waals surface area contributed by atoms with Crippen LogP contribution < -0.4 is 0 Å². The number of hydrogen-bond donors (Lipinski definition) is 3. The number of benzene rings is 1. The zero-order valence-electron chi connectivity index (χ0n) is 7.95. The van der Waals surface area contributed by atoms with Gasteiger partial charge in [0.05, 0.1) is 13.2 Å².